The Morgan fingerprint density at radius 3 is 2.57 bits per heavy atom. The van der Waals surface area contributed by atoms with Crippen molar-refractivity contribution in [3.8, 4) is 0 Å². The van der Waals surface area contributed by atoms with Gasteiger partial charge in [0.25, 0.3) is 0 Å². The summed E-state index contributed by atoms with van der Waals surface area (Å²) in [6.07, 6.45) is 3.39. The SMILES string of the molecule is CCn1c2ccccc2c2c(Cl)c(N/N=C(\C(C)=O)N3CCCCC3)ccc21. The number of hydrogen-bond acceptors (Lipinski definition) is 3. The Balaban J connectivity index is 1.76. The predicted molar refractivity (Wildman–Crippen MR) is 117 cm³/mol. The van der Waals surface area contributed by atoms with E-state index in [1.165, 1.54) is 11.9 Å². The number of ketones is 1. The molecule has 4 rings (SSSR count). The van der Waals surface area contributed by atoms with E-state index in [1.54, 1.807) is 6.92 Å². The van der Waals surface area contributed by atoms with Crippen molar-refractivity contribution in [2.24, 2.45) is 5.10 Å². The van der Waals surface area contributed by atoms with Crippen molar-refractivity contribution in [1.82, 2.24) is 9.47 Å². The quantitative estimate of drug-likeness (QED) is 0.371. The molecule has 0 unspecified atom stereocenters. The summed E-state index contributed by atoms with van der Waals surface area (Å²) in [7, 11) is 0. The molecule has 1 aliphatic heterocycles. The molecule has 1 aliphatic rings. The zero-order valence-electron chi connectivity index (χ0n) is 16.3. The average molecular weight is 397 g/mol. The van der Waals surface area contributed by atoms with Crippen LogP contribution in [0.1, 0.15) is 33.1 Å². The molecular weight excluding hydrogens is 372 g/mol. The van der Waals surface area contributed by atoms with Crippen LogP contribution in [0.5, 0.6) is 0 Å². The number of benzene rings is 2. The van der Waals surface area contributed by atoms with E-state index in [0.29, 0.717) is 16.5 Å². The summed E-state index contributed by atoms with van der Waals surface area (Å²) in [5.74, 6) is 0.445. The number of aromatic nitrogens is 1. The molecule has 2 heterocycles. The molecule has 6 heteroatoms. The molecule has 0 aliphatic carbocycles. The number of carbonyl (C=O) groups is 1. The summed E-state index contributed by atoms with van der Waals surface area (Å²) in [6, 6.07) is 12.3. The number of piperidine rings is 1. The Hall–Kier alpha value is -2.53. The van der Waals surface area contributed by atoms with Gasteiger partial charge in [0.15, 0.2) is 11.6 Å². The normalized spacial score (nSPS) is 15.4. The smallest absolute Gasteiger partial charge is 0.196 e. The van der Waals surface area contributed by atoms with Gasteiger partial charge in [-0.3, -0.25) is 10.2 Å². The fourth-order valence-electron chi connectivity index (χ4n) is 4.12. The Bertz CT molecular complexity index is 1060. The van der Waals surface area contributed by atoms with Gasteiger partial charge in [0.2, 0.25) is 0 Å². The maximum atomic E-state index is 12.1. The summed E-state index contributed by atoms with van der Waals surface area (Å²) >= 11 is 6.80. The molecule has 5 nitrogen and oxygen atoms in total. The molecule has 0 amide bonds. The molecule has 0 saturated carbocycles. The van der Waals surface area contributed by atoms with Gasteiger partial charge in [0.1, 0.15) is 0 Å². The van der Waals surface area contributed by atoms with E-state index in [1.807, 2.05) is 18.2 Å². The number of amidine groups is 1. The minimum Gasteiger partial charge on any atom is -0.352 e. The third-order valence-electron chi connectivity index (χ3n) is 5.44. The van der Waals surface area contributed by atoms with Crippen LogP contribution in [0.2, 0.25) is 5.02 Å². The number of anilines is 1. The highest BCUT2D eigenvalue weighted by Gasteiger charge is 2.19. The number of para-hydroxylation sites is 1. The van der Waals surface area contributed by atoms with Crippen LogP contribution in [0.25, 0.3) is 21.8 Å². The van der Waals surface area contributed by atoms with Gasteiger partial charge in [0.05, 0.1) is 16.2 Å². The zero-order valence-corrected chi connectivity index (χ0v) is 17.1. The van der Waals surface area contributed by atoms with E-state index in [2.05, 4.69) is 45.1 Å². The second-order valence-electron chi connectivity index (χ2n) is 7.23. The molecule has 0 bridgehead atoms. The average Bonchev–Trinajstić information content (AvgIpc) is 3.04. The Morgan fingerprint density at radius 1 is 1.11 bits per heavy atom. The first kappa shape index (κ1) is 18.8. The molecule has 1 fully saturated rings. The van der Waals surface area contributed by atoms with Gasteiger partial charge in [-0.25, -0.2) is 0 Å². The highest BCUT2D eigenvalue weighted by Crippen LogP contribution is 2.38. The third kappa shape index (κ3) is 3.24. The van der Waals surface area contributed by atoms with Crippen LogP contribution in [0.3, 0.4) is 0 Å². The first-order valence-electron chi connectivity index (χ1n) is 9.90. The van der Waals surface area contributed by atoms with Crippen molar-refractivity contribution in [3.05, 3.63) is 41.4 Å². The topological polar surface area (TPSA) is 49.6 Å². The molecular formula is C22H25ClN4O. The summed E-state index contributed by atoms with van der Waals surface area (Å²) in [5, 5.41) is 7.21. The summed E-state index contributed by atoms with van der Waals surface area (Å²) in [6.45, 7) is 6.31. The number of fused-ring (bicyclic) bond motifs is 3. The second kappa shape index (κ2) is 7.84. The number of halogens is 1. The minimum absolute atomic E-state index is 0.0332. The number of rotatable bonds is 4. The van der Waals surface area contributed by atoms with Crippen LogP contribution in [0, 0.1) is 0 Å². The van der Waals surface area contributed by atoms with Gasteiger partial charge in [-0.05, 0) is 44.4 Å². The highest BCUT2D eigenvalue weighted by atomic mass is 35.5. The number of Topliss-reactive ketones (excluding diaryl/α,β-unsaturated/α-hetero) is 1. The predicted octanol–water partition coefficient (Wildman–Crippen LogP) is 5.27. The van der Waals surface area contributed by atoms with Crippen molar-refractivity contribution in [1.29, 1.82) is 0 Å². The van der Waals surface area contributed by atoms with Gasteiger partial charge in [-0.1, -0.05) is 29.8 Å². The Morgan fingerprint density at radius 2 is 1.86 bits per heavy atom. The highest BCUT2D eigenvalue weighted by molar-refractivity contribution is 6.41. The van der Waals surface area contributed by atoms with Crippen LogP contribution in [-0.2, 0) is 11.3 Å². The van der Waals surface area contributed by atoms with E-state index in [0.717, 1.165) is 48.8 Å². The first-order chi connectivity index (χ1) is 13.6. The van der Waals surface area contributed by atoms with E-state index in [9.17, 15) is 4.79 Å². The van der Waals surface area contributed by atoms with E-state index in [4.69, 9.17) is 11.6 Å². The number of nitrogens with one attached hydrogen (secondary N) is 1. The Labute approximate surface area is 169 Å². The third-order valence-corrected chi connectivity index (χ3v) is 5.84. The van der Waals surface area contributed by atoms with Gasteiger partial charge in [-0.2, -0.15) is 5.10 Å². The van der Waals surface area contributed by atoms with Crippen molar-refractivity contribution in [2.75, 3.05) is 18.5 Å². The first-order valence-corrected chi connectivity index (χ1v) is 10.3. The molecule has 146 valence electrons. The lowest BCUT2D eigenvalue weighted by molar-refractivity contribution is -0.111. The van der Waals surface area contributed by atoms with Crippen LogP contribution in [0.15, 0.2) is 41.5 Å². The fraction of sp³-hybridized carbons (Fsp3) is 0.364. The minimum atomic E-state index is -0.0332. The molecule has 0 radical (unpaired) electrons. The lowest BCUT2D eigenvalue weighted by Gasteiger charge is -2.28. The number of carbonyl (C=O) groups excluding carboxylic acids is 1. The molecule has 0 atom stereocenters. The molecule has 1 N–H and O–H groups in total. The second-order valence-corrected chi connectivity index (χ2v) is 7.61. The van der Waals surface area contributed by atoms with Gasteiger partial charge < -0.3 is 9.47 Å². The van der Waals surface area contributed by atoms with Gasteiger partial charge >= 0.3 is 0 Å². The number of likely N-dealkylation sites (tertiary alicyclic amines) is 1. The Kier molecular flexibility index (Phi) is 5.27. The standard InChI is InChI=1S/C22H25ClN4O/c1-3-27-18-10-6-5-9-16(18)20-19(27)12-11-17(21(20)23)24-25-22(15(2)28)26-13-7-4-8-14-26/h5-6,9-12,24H,3-4,7-8,13-14H2,1-2H3/b25-22+. The van der Waals surface area contributed by atoms with E-state index < -0.39 is 0 Å². The van der Waals surface area contributed by atoms with Crippen molar-refractivity contribution in [3.63, 3.8) is 0 Å². The van der Waals surface area contributed by atoms with Gasteiger partial charge in [-0.15, -0.1) is 0 Å². The van der Waals surface area contributed by atoms with Crippen LogP contribution in [0.4, 0.5) is 5.69 Å². The summed E-state index contributed by atoms with van der Waals surface area (Å²) in [5.41, 5.74) is 6.04. The van der Waals surface area contributed by atoms with Crippen molar-refractivity contribution in [2.45, 2.75) is 39.7 Å². The van der Waals surface area contributed by atoms with E-state index in [-0.39, 0.29) is 5.78 Å². The van der Waals surface area contributed by atoms with Crippen LogP contribution < -0.4 is 5.43 Å². The van der Waals surface area contributed by atoms with Gasteiger partial charge in [0, 0.05) is 42.8 Å². The summed E-state index contributed by atoms with van der Waals surface area (Å²) < 4.78 is 2.26. The van der Waals surface area contributed by atoms with E-state index >= 15 is 0 Å². The number of aryl methyl sites for hydroxylation is 1. The number of hydrogen-bond donors (Lipinski definition) is 1. The molecule has 1 saturated heterocycles. The number of nitrogens with zero attached hydrogens (tertiary/aromatic N) is 3. The summed E-state index contributed by atoms with van der Waals surface area (Å²) in [4.78, 5) is 14.2. The molecule has 3 aromatic rings. The zero-order chi connectivity index (χ0) is 19.7. The monoisotopic (exact) mass is 396 g/mol. The molecule has 1 aromatic heterocycles. The van der Waals surface area contributed by atoms with Crippen LogP contribution >= 0.6 is 11.6 Å². The number of hydrazone groups is 1. The van der Waals surface area contributed by atoms with Crippen molar-refractivity contribution >= 4 is 50.7 Å². The van der Waals surface area contributed by atoms with Crippen molar-refractivity contribution < 1.29 is 4.79 Å². The maximum absolute atomic E-state index is 12.1. The lowest BCUT2D eigenvalue weighted by Crippen LogP contribution is -2.39. The molecule has 0 spiro atoms. The largest absolute Gasteiger partial charge is 0.352 e. The maximum Gasteiger partial charge on any atom is 0.196 e. The fourth-order valence-corrected chi connectivity index (χ4v) is 4.42. The molecule has 2 aromatic carbocycles. The lowest BCUT2D eigenvalue weighted by atomic mass is 10.1. The molecule has 28 heavy (non-hydrogen) atoms. The van der Waals surface area contributed by atoms with Crippen LogP contribution in [-0.4, -0.2) is 34.2 Å².